The first-order valence-corrected chi connectivity index (χ1v) is 7.61. The summed E-state index contributed by atoms with van der Waals surface area (Å²) in [6.45, 7) is 0. The molecule has 1 aromatic carbocycles. The standard InChI is InChI=1S/C12H13F2NO3S/c13-9-2-1-8(11(14)6-9)5-12(16)15-10-3-4-19(17,18)7-10/h1-2,6,10H,3-5,7H2,(H,15,16). The molecule has 0 aromatic heterocycles. The van der Waals surface area contributed by atoms with Crippen molar-refractivity contribution in [3.63, 3.8) is 0 Å². The summed E-state index contributed by atoms with van der Waals surface area (Å²) in [7, 11) is -3.07. The summed E-state index contributed by atoms with van der Waals surface area (Å²) in [6.07, 6.45) is 0.142. The minimum atomic E-state index is -3.07. The van der Waals surface area contributed by atoms with E-state index in [1.165, 1.54) is 6.07 Å². The second-order valence-electron chi connectivity index (χ2n) is 4.58. The maximum atomic E-state index is 13.3. The quantitative estimate of drug-likeness (QED) is 0.895. The molecule has 1 N–H and O–H groups in total. The van der Waals surface area contributed by atoms with E-state index >= 15 is 0 Å². The number of sulfone groups is 1. The molecule has 0 radical (unpaired) electrons. The number of carbonyl (C=O) groups is 1. The van der Waals surface area contributed by atoms with Crippen LogP contribution in [0, 0.1) is 11.6 Å². The van der Waals surface area contributed by atoms with Crippen molar-refractivity contribution >= 4 is 15.7 Å². The molecule has 1 aliphatic rings. The van der Waals surface area contributed by atoms with Crippen molar-refractivity contribution in [2.45, 2.75) is 18.9 Å². The predicted octanol–water partition coefficient (Wildman–Crippen LogP) is 0.811. The Kier molecular flexibility index (Phi) is 3.84. The Morgan fingerprint density at radius 3 is 2.68 bits per heavy atom. The van der Waals surface area contributed by atoms with Crippen LogP contribution in [0.1, 0.15) is 12.0 Å². The molecule has 19 heavy (non-hydrogen) atoms. The Bertz CT molecular complexity index is 601. The van der Waals surface area contributed by atoms with Crippen LogP contribution < -0.4 is 5.32 Å². The highest BCUT2D eigenvalue weighted by molar-refractivity contribution is 7.91. The summed E-state index contributed by atoms with van der Waals surface area (Å²) in [4.78, 5) is 11.7. The van der Waals surface area contributed by atoms with Crippen LogP contribution in [0.15, 0.2) is 18.2 Å². The zero-order valence-corrected chi connectivity index (χ0v) is 10.8. The lowest BCUT2D eigenvalue weighted by Crippen LogP contribution is -2.36. The fourth-order valence-electron chi connectivity index (χ4n) is 2.03. The fraction of sp³-hybridized carbons (Fsp3) is 0.417. The van der Waals surface area contributed by atoms with Crippen LogP contribution in [0.4, 0.5) is 8.78 Å². The summed E-state index contributed by atoms with van der Waals surface area (Å²) >= 11 is 0. The van der Waals surface area contributed by atoms with E-state index in [0.717, 1.165) is 6.07 Å². The van der Waals surface area contributed by atoms with Gasteiger partial charge in [0, 0.05) is 12.1 Å². The summed E-state index contributed by atoms with van der Waals surface area (Å²) in [5, 5.41) is 2.55. The largest absolute Gasteiger partial charge is 0.352 e. The van der Waals surface area contributed by atoms with Gasteiger partial charge in [-0.3, -0.25) is 4.79 Å². The smallest absolute Gasteiger partial charge is 0.224 e. The van der Waals surface area contributed by atoms with E-state index in [4.69, 9.17) is 0 Å². The lowest BCUT2D eigenvalue weighted by molar-refractivity contribution is -0.121. The van der Waals surface area contributed by atoms with Crippen molar-refractivity contribution < 1.29 is 22.0 Å². The first-order valence-electron chi connectivity index (χ1n) is 5.79. The SMILES string of the molecule is O=C(Cc1ccc(F)cc1F)NC1CCS(=O)(=O)C1. The minimum absolute atomic E-state index is 0.0584. The molecule has 0 aliphatic carbocycles. The molecule has 104 valence electrons. The van der Waals surface area contributed by atoms with Crippen LogP contribution in [0.2, 0.25) is 0 Å². The molecule has 0 bridgehead atoms. The normalized spacial score (nSPS) is 21.3. The van der Waals surface area contributed by atoms with Gasteiger partial charge < -0.3 is 5.32 Å². The molecular formula is C12H13F2NO3S. The predicted molar refractivity (Wildman–Crippen MR) is 65.3 cm³/mol. The molecule has 1 unspecified atom stereocenters. The van der Waals surface area contributed by atoms with Gasteiger partial charge in [-0.2, -0.15) is 0 Å². The second-order valence-corrected chi connectivity index (χ2v) is 6.81. The van der Waals surface area contributed by atoms with Gasteiger partial charge in [-0.25, -0.2) is 17.2 Å². The van der Waals surface area contributed by atoms with Crippen molar-refractivity contribution in [1.29, 1.82) is 0 Å². The Labute approximate surface area is 109 Å². The third-order valence-electron chi connectivity index (χ3n) is 2.96. The van der Waals surface area contributed by atoms with Gasteiger partial charge >= 0.3 is 0 Å². The number of amides is 1. The maximum Gasteiger partial charge on any atom is 0.224 e. The van der Waals surface area contributed by atoms with Gasteiger partial charge in [0.15, 0.2) is 9.84 Å². The topological polar surface area (TPSA) is 63.2 Å². The van der Waals surface area contributed by atoms with E-state index in [2.05, 4.69) is 5.32 Å². The lowest BCUT2D eigenvalue weighted by Gasteiger charge is -2.11. The van der Waals surface area contributed by atoms with Gasteiger partial charge in [0.25, 0.3) is 0 Å². The van der Waals surface area contributed by atoms with Gasteiger partial charge in [-0.05, 0) is 18.1 Å². The van der Waals surface area contributed by atoms with Gasteiger partial charge in [-0.1, -0.05) is 6.07 Å². The van der Waals surface area contributed by atoms with Gasteiger partial charge in [0.1, 0.15) is 11.6 Å². The molecule has 4 nitrogen and oxygen atoms in total. The summed E-state index contributed by atoms with van der Waals surface area (Å²) in [6, 6.07) is 2.57. The third kappa shape index (κ3) is 3.73. The molecule has 2 rings (SSSR count). The first-order chi connectivity index (χ1) is 8.85. The monoisotopic (exact) mass is 289 g/mol. The summed E-state index contributed by atoms with van der Waals surface area (Å²) in [5.41, 5.74) is 0.0831. The molecule has 7 heteroatoms. The molecule has 1 fully saturated rings. The first kappa shape index (κ1) is 13.9. The molecular weight excluding hydrogens is 276 g/mol. The highest BCUT2D eigenvalue weighted by Crippen LogP contribution is 2.13. The van der Waals surface area contributed by atoms with E-state index < -0.39 is 33.4 Å². The van der Waals surface area contributed by atoms with Crippen molar-refractivity contribution in [2.75, 3.05) is 11.5 Å². The van der Waals surface area contributed by atoms with E-state index in [0.29, 0.717) is 12.5 Å². The van der Waals surface area contributed by atoms with Gasteiger partial charge in [-0.15, -0.1) is 0 Å². The molecule has 1 saturated heterocycles. The Hall–Kier alpha value is -1.50. The Morgan fingerprint density at radius 1 is 1.37 bits per heavy atom. The molecule has 0 spiro atoms. The number of benzene rings is 1. The van der Waals surface area contributed by atoms with Crippen LogP contribution in [0.25, 0.3) is 0 Å². The zero-order chi connectivity index (χ0) is 14.0. The van der Waals surface area contributed by atoms with Crippen LogP contribution in [0.5, 0.6) is 0 Å². The fourth-order valence-corrected chi connectivity index (χ4v) is 3.70. The van der Waals surface area contributed by atoms with Crippen molar-refractivity contribution in [2.24, 2.45) is 0 Å². The number of hydrogen-bond acceptors (Lipinski definition) is 3. The highest BCUT2D eigenvalue weighted by Gasteiger charge is 2.28. The summed E-state index contributed by atoms with van der Waals surface area (Å²) in [5.74, 6) is -1.97. The van der Waals surface area contributed by atoms with E-state index in [1.54, 1.807) is 0 Å². The highest BCUT2D eigenvalue weighted by atomic mass is 32.2. The van der Waals surface area contributed by atoms with Crippen LogP contribution in [-0.2, 0) is 21.1 Å². The summed E-state index contributed by atoms with van der Waals surface area (Å²) < 4.78 is 48.5. The molecule has 0 saturated carbocycles. The average molecular weight is 289 g/mol. The van der Waals surface area contributed by atoms with Crippen molar-refractivity contribution in [3.8, 4) is 0 Å². The number of halogens is 2. The number of rotatable bonds is 3. The van der Waals surface area contributed by atoms with E-state index in [1.807, 2.05) is 0 Å². The molecule has 1 atom stereocenters. The lowest BCUT2D eigenvalue weighted by atomic mass is 10.1. The Balaban J connectivity index is 1.95. The van der Waals surface area contributed by atoms with E-state index in [9.17, 15) is 22.0 Å². The Morgan fingerprint density at radius 2 is 2.11 bits per heavy atom. The average Bonchev–Trinajstić information content (AvgIpc) is 2.62. The van der Waals surface area contributed by atoms with Crippen LogP contribution in [-0.4, -0.2) is 31.9 Å². The molecule has 1 aromatic rings. The molecule has 1 heterocycles. The van der Waals surface area contributed by atoms with Crippen LogP contribution >= 0.6 is 0 Å². The number of nitrogens with one attached hydrogen (secondary N) is 1. The number of carbonyl (C=O) groups excluding carboxylic acids is 1. The maximum absolute atomic E-state index is 13.3. The molecule has 1 aliphatic heterocycles. The van der Waals surface area contributed by atoms with Gasteiger partial charge in [0.05, 0.1) is 17.9 Å². The van der Waals surface area contributed by atoms with Crippen molar-refractivity contribution in [3.05, 3.63) is 35.4 Å². The molecule has 1 amide bonds. The van der Waals surface area contributed by atoms with Crippen molar-refractivity contribution in [1.82, 2.24) is 5.32 Å². The minimum Gasteiger partial charge on any atom is -0.352 e. The zero-order valence-electron chi connectivity index (χ0n) is 10.0. The van der Waals surface area contributed by atoms with Gasteiger partial charge in [0.2, 0.25) is 5.91 Å². The third-order valence-corrected chi connectivity index (χ3v) is 4.73. The second kappa shape index (κ2) is 5.24. The van der Waals surface area contributed by atoms with E-state index in [-0.39, 0.29) is 23.5 Å². The van der Waals surface area contributed by atoms with Crippen LogP contribution in [0.3, 0.4) is 0 Å². The number of hydrogen-bond donors (Lipinski definition) is 1.